The van der Waals surface area contributed by atoms with Crippen LogP contribution in [-0.4, -0.2) is 15.0 Å². The van der Waals surface area contributed by atoms with Crippen molar-refractivity contribution in [3.8, 4) is 51.4 Å². The summed E-state index contributed by atoms with van der Waals surface area (Å²) < 4.78 is 6.25. The van der Waals surface area contributed by atoms with Gasteiger partial charge in [0.1, 0.15) is 11.7 Å². The summed E-state index contributed by atoms with van der Waals surface area (Å²) in [6.07, 6.45) is 6.55. The van der Waals surface area contributed by atoms with Crippen LogP contribution in [-0.2, 0) is 5.41 Å². The molecule has 2 fully saturated rings. The van der Waals surface area contributed by atoms with Crippen LogP contribution in [0.2, 0.25) is 0 Å². The van der Waals surface area contributed by atoms with Crippen molar-refractivity contribution in [3.63, 3.8) is 0 Å². The van der Waals surface area contributed by atoms with E-state index in [0.717, 1.165) is 61.9 Å². The van der Waals surface area contributed by atoms with Crippen LogP contribution in [0.1, 0.15) is 57.1 Å². The van der Waals surface area contributed by atoms with Gasteiger partial charge in [-0.3, -0.25) is 0 Å². The van der Waals surface area contributed by atoms with Gasteiger partial charge in [-0.15, -0.1) is 0 Å². The monoisotopic (exact) mass is 650 g/mol. The average molecular weight is 651 g/mol. The van der Waals surface area contributed by atoms with E-state index in [1.807, 2.05) is 36.4 Å². The first kappa shape index (κ1) is 30.5. The number of rotatable bonds is 5. The van der Waals surface area contributed by atoms with Crippen LogP contribution in [0, 0.1) is 29.1 Å². The highest BCUT2D eigenvalue weighted by Gasteiger charge is 2.45. The lowest BCUT2D eigenvalue weighted by Gasteiger charge is -2.50. The number of nitriles is 1. The van der Waals surface area contributed by atoms with Gasteiger partial charge >= 0.3 is 0 Å². The minimum atomic E-state index is 0.255. The third-order valence-electron chi connectivity index (χ3n) is 11.2. The van der Waals surface area contributed by atoms with Crippen LogP contribution < -0.4 is 0 Å². The van der Waals surface area contributed by atoms with Crippen molar-refractivity contribution >= 4 is 21.9 Å². The normalized spacial score (nSPS) is 21.7. The highest BCUT2D eigenvalue weighted by Crippen LogP contribution is 2.54. The number of aromatic nitrogens is 3. The summed E-state index contributed by atoms with van der Waals surface area (Å²) in [4.78, 5) is 15.3. The van der Waals surface area contributed by atoms with Gasteiger partial charge in [-0.1, -0.05) is 111 Å². The zero-order valence-corrected chi connectivity index (χ0v) is 28.4. The number of fused-ring (bicyclic) bond motifs is 5. The van der Waals surface area contributed by atoms with Gasteiger partial charge in [-0.2, -0.15) is 5.26 Å². The van der Waals surface area contributed by atoms with E-state index in [9.17, 15) is 5.26 Å². The Morgan fingerprint density at radius 3 is 1.88 bits per heavy atom. The summed E-state index contributed by atoms with van der Waals surface area (Å²) in [5.41, 5.74) is 8.44. The maximum Gasteiger partial charge on any atom is 0.164 e. The molecule has 5 nitrogen and oxygen atoms in total. The van der Waals surface area contributed by atoms with Crippen molar-refractivity contribution in [1.29, 1.82) is 5.26 Å². The van der Waals surface area contributed by atoms with Crippen molar-refractivity contribution in [2.75, 3.05) is 0 Å². The number of furan rings is 1. The Hall–Kier alpha value is -5.60. The van der Waals surface area contributed by atoms with E-state index < -0.39 is 0 Å². The van der Waals surface area contributed by atoms with E-state index in [-0.39, 0.29) is 5.41 Å². The molecule has 2 saturated carbocycles. The molecule has 2 aromatic heterocycles. The molecule has 0 aliphatic heterocycles. The van der Waals surface area contributed by atoms with Crippen molar-refractivity contribution in [2.45, 2.75) is 51.4 Å². The maximum atomic E-state index is 9.96. The van der Waals surface area contributed by atoms with E-state index in [2.05, 4.69) is 92.7 Å². The standard InChI is InChI=1S/C45H38N4O/c1-28-22-30-23-29(2)25-45(24-28,26-30)36-19-16-34(17-20-36)43-47-42(33-14-12-32(13-15-33)31-8-4-3-5-9-31)48-44(49-43)38-21-18-35(27-46)41-40(38)37-10-6-7-11-39(37)50-41/h3-21,28-30H,22-26H2,1-2H3/t28-,29?,30?,45?/m1/s1. The van der Waals surface area contributed by atoms with Gasteiger partial charge in [-0.05, 0) is 90.2 Å². The molecule has 7 aromatic rings. The fourth-order valence-corrected chi connectivity index (χ4v) is 9.33. The van der Waals surface area contributed by atoms with Crippen LogP contribution in [0.25, 0.3) is 67.2 Å². The molecule has 3 unspecified atom stereocenters. The Labute approximate surface area is 292 Å². The Bertz CT molecular complexity index is 2380. The van der Waals surface area contributed by atoms with Crippen LogP contribution in [0.5, 0.6) is 0 Å². The first-order chi connectivity index (χ1) is 24.5. The summed E-state index contributed by atoms with van der Waals surface area (Å²) in [6, 6.07) is 41.8. The van der Waals surface area contributed by atoms with Crippen molar-refractivity contribution < 1.29 is 4.42 Å². The van der Waals surface area contributed by atoms with Crippen LogP contribution in [0.3, 0.4) is 0 Å². The second kappa shape index (κ2) is 12.1. The predicted octanol–water partition coefficient (Wildman–Crippen LogP) is 11.4. The first-order valence-corrected chi connectivity index (χ1v) is 17.8. The molecule has 2 aliphatic rings. The molecule has 0 amide bonds. The summed E-state index contributed by atoms with van der Waals surface area (Å²) in [7, 11) is 0. The number of nitrogens with zero attached hydrogens (tertiary/aromatic N) is 4. The molecule has 0 saturated heterocycles. The van der Waals surface area contributed by atoms with E-state index in [0.29, 0.717) is 28.6 Å². The fourth-order valence-electron chi connectivity index (χ4n) is 9.33. The van der Waals surface area contributed by atoms with Gasteiger partial charge < -0.3 is 4.42 Å². The lowest BCUT2D eigenvalue weighted by atomic mass is 9.54. The first-order valence-electron chi connectivity index (χ1n) is 17.8. The number of para-hydroxylation sites is 1. The third-order valence-corrected chi connectivity index (χ3v) is 11.2. The number of benzene rings is 5. The minimum Gasteiger partial charge on any atom is -0.455 e. The van der Waals surface area contributed by atoms with Gasteiger partial charge in [0.05, 0.1) is 5.56 Å². The Balaban J connectivity index is 1.19. The smallest absolute Gasteiger partial charge is 0.164 e. The lowest BCUT2D eigenvalue weighted by Crippen LogP contribution is -2.42. The van der Waals surface area contributed by atoms with E-state index >= 15 is 0 Å². The molecular weight excluding hydrogens is 613 g/mol. The van der Waals surface area contributed by atoms with Crippen molar-refractivity contribution in [3.05, 3.63) is 126 Å². The topological polar surface area (TPSA) is 75.6 Å². The maximum absolute atomic E-state index is 9.96. The molecule has 0 radical (unpaired) electrons. The molecule has 244 valence electrons. The molecule has 2 aliphatic carbocycles. The van der Waals surface area contributed by atoms with E-state index in [1.165, 1.54) is 37.7 Å². The van der Waals surface area contributed by atoms with E-state index in [1.54, 1.807) is 6.07 Å². The Morgan fingerprint density at radius 2 is 1.20 bits per heavy atom. The summed E-state index contributed by atoms with van der Waals surface area (Å²) in [5.74, 6) is 4.11. The van der Waals surface area contributed by atoms with Crippen LogP contribution in [0.15, 0.2) is 120 Å². The van der Waals surface area contributed by atoms with E-state index in [4.69, 9.17) is 19.4 Å². The van der Waals surface area contributed by atoms with Crippen LogP contribution in [0.4, 0.5) is 0 Å². The average Bonchev–Trinajstić information content (AvgIpc) is 3.54. The minimum absolute atomic E-state index is 0.255. The van der Waals surface area contributed by atoms with Gasteiger partial charge in [0.25, 0.3) is 0 Å². The van der Waals surface area contributed by atoms with Crippen molar-refractivity contribution in [1.82, 2.24) is 15.0 Å². The molecule has 0 spiro atoms. The predicted molar refractivity (Wildman–Crippen MR) is 200 cm³/mol. The second-order valence-corrected chi connectivity index (χ2v) is 14.8. The Morgan fingerprint density at radius 1 is 0.620 bits per heavy atom. The molecule has 0 N–H and O–H groups in total. The Kier molecular flexibility index (Phi) is 7.35. The molecule has 9 rings (SSSR count). The highest BCUT2D eigenvalue weighted by molar-refractivity contribution is 6.13. The highest BCUT2D eigenvalue weighted by atomic mass is 16.3. The van der Waals surface area contributed by atoms with Gasteiger partial charge in [0.2, 0.25) is 0 Å². The molecular formula is C45H38N4O. The molecule has 50 heavy (non-hydrogen) atoms. The molecule has 5 heteroatoms. The molecule has 2 heterocycles. The number of hydrogen-bond donors (Lipinski definition) is 0. The zero-order chi connectivity index (χ0) is 33.8. The summed E-state index contributed by atoms with van der Waals surface area (Å²) in [6.45, 7) is 4.88. The zero-order valence-electron chi connectivity index (χ0n) is 28.4. The third kappa shape index (κ3) is 5.27. The summed E-state index contributed by atoms with van der Waals surface area (Å²) >= 11 is 0. The fraction of sp³-hybridized carbons (Fsp3) is 0.244. The van der Waals surface area contributed by atoms with Gasteiger partial charge in [0.15, 0.2) is 23.1 Å². The van der Waals surface area contributed by atoms with Gasteiger partial charge in [-0.25, -0.2) is 15.0 Å². The molecule has 4 atom stereocenters. The molecule has 5 aromatic carbocycles. The largest absolute Gasteiger partial charge is 0.455 e. The van der Waals surface area contributed by atoms with Crippen molar-refractivity contribution in [2.24, 2.45) is 17.8 Å². The molecule has 2 bridgehead atoms. The quantitative estimate of drug-likeness (QED) is 0.185. The number of hydrogen-bond acceptors (Lipinski definition) is 5. The van der Waals surface area contributed by atoms with Crippen LogP contribution >= 0.6 is 0 Å². The SMILES string of the molecule is CC1CC2C[C@@H](C)CC(c3ccc(-c4nc(-c5ccc(-c6ccccc6)cc5)nc(-c5ccc(C#N)c6oc7ccccc7c56)n4)cc3)(C1)C2. The second-order valence-electron chi connectivity index (χ2n) is 14.8. The van der Waals surface area contributed by atoms with Gasteiger partial charge in [0, 0.05) is 27.5 Å². The lowest BCUT2D eigenvalue weighted by molar-refractivity contribution is 0.0780. The summed E-state index contributed by atoms with van der Waals surface area (Å²) in [5, 5.41) is 11.7.